The van der Waals surface area contributed by atoms with Gasteiger partial charge in [-0.1, -0.05) is 0 Å². The van der Waals surface area contributed by atoms with Crippen molar-refractivity contribution in [2.45, 2.75) is 6.54 Å². The molecule has 2 fully saturated rings. The molecule has 0 amide bonds. The van der Waals surface area contributed by atoms with Crippen LogP contribution in [-0.2, 0) is 11.3 Å². The lowest BCUT2D eigenvalue weighted by Gasteiger charge is -2.31. The Morgan fingerprint density at radius 3 is 2.50 bits per heavy atom. The van der Waals surface area contributed by atoms with Crippen molar-refractivity contribution in [3.63, 3.8) is 0 Å². The Hall–Kier alpha value is -2.82. The van der Waals surface area contributed by atoms with Gasteiger partial charge in [-0.25, -0.2) is 19.5 Å². The van der Waals surface area contributed by atoms with E-state index in [1.165, 1.54) is 0 Å². The number of morpholine rings is 1. The van der Waals surface area contributed by atoms with Gasteiger partial charge in [0.05, 0.1) is 30.8 Å². The molecule has 0 spiro atoms. The summed E-state index contributed by atoms with van der Waals surface area (Å²) in [6, 6.07) is 2.17. The van der Waals surface area contributed by atoms with Crippen LogP contribution in [0.15, 0.2) is 24.7 Å². The number of hydrogen-bond donors (Lipinski definition) is 1. The predicted octanol–water partition coefficient (Wildman–Crippen LogP) is 0.353. The van der Waals surface area contributed by atoms with Gasteiger partial charge in [0.15, 0.2) is 5.82 Å². The quantitative estimate of drug-likeness (QED) is 0.654. The summed E-state index contributed by atoms with van der Waals surface area (Å²) in [5, 5.41) is 4.88. The van der Waals surface area contributed by atoms with Crippen molar-refractivity contribution < 1.29 is 4.74 Å². The zero-order chi connectivity index (χ0) is 20.5. The second-order valence-electron chi connectivity index (χ2n) is 7.92. The Morgan fingerprint density at radius 1 is 1.03 bits per heavy atom. The average molecular weight is 409 g/mol. The van der Waals surface area contributed by atoms with Gasteiger partial charge in [0.2, 0.25) is 5.95 Å². The first-order chi connectivity index (χ1) is 14.7. The van der Waals surface area contributed by atoms with Crippen molar-refractivity contribution in [1.29, 1.82) is 0 Å². The molecule has 10 heteroatoms. The van der Waals surface area contributed by atoms with Crippen molar-refractivity contribution >= 4 is 17.3 Å². The van der Waals surface area contributed by atoms with Gasteiger partial charge < -0.3 is 20.3 Å². The maximum absolute atomic E-state index is 5.65. The number of fused-ring (bicyclic) bond motifs is 1. The highest BCUT2D eigenvalue weighted by Gasteiger charge is 2.21. The molecule has 0 radical (unpaired) electrons. The molecule has 158 valence electrons. The number of piperazine rings is 1. The lowest BCUT2D eigenvalue weighted by atomic mass is 10.2. The summed E-state index contributed by atoms with van der Waals surface area (Å²) in [4.78, 5) is 20.3. The third-order valence-electron chi connectivity index (χ3n) is 5.75. The van der Waals surface area contributed by atoms with E-state index in [0.717, 1.165) is 74.1 Å². The van der Waals surface area contributed by atoms with E-state index in [0.29, 0.717) is 13.2 Å². The van der Waals surface area contributed by atoms with E-state index in [1.807, 2.05) is 10.7 Å². The zero-order valence-electron chi connectivity index (χ0n) is 17.2. The lowest BCUT2D eigenvalue weighted by molar-refractivity contribution is 0.122. The summed E-state index contributed by atoms with van der Waals surface area (Å²) < 4.78 is 7.48. The third kappa shape index (κ3) is 3.93. The number of likely N-dealkylation sites (N-methyl/N-ethyl adjacent to an activating group) is 1. The van der Waals surface area contributed by atoms with E-state index in [2.05, 4.69) is 37.8 Å². The van der Waals surface area contributed by atoms with E-state index < -0.39 is 0 Å². The summed E-state index contributed by atoms with van der Waals surface area (Å²) in [5.74, 6) is 1.17. The third-order valence-corrected chi connectivity index (χ3v) is 5.75. The van der Waals surface area contributed by atoms with Crippen molar-refractivity contribution in [3.05, 3.63) is 30.4 Å². The maximum Gasteiger partial charge on any atom is 0.219 e. The Kier molecular flexibility index (Phi) is 5.19. The largest absolute Gasteiger partial charge is 0.378 e. The van der Waals surface area contributed by atoms with Crippen LogP contribution >= 0.6 is 0 Å². The number of ether oxygens (including phenoxy) is 1. The molecule has 2 N–H and O–H groups in total. The highest BCUT2D eigenvalue weighted by atomic mass is 16.5. The van der Waals surface area contributed by atoms with Gasteiger partial charge in [0.1, 0.15) is 5.52 Å². The summed E-state index contributed by atoms with van der Waals surface area (Å²) in [7, 11) is 2.17. The predicted molar refractivity (Wildman–Crippen MR) is 114 cm³/mol. The van der Waals surface area contributed by atoms with E-state index in [1.54, 1.807) is 12.4 Å². The van der Waals surface area contributed by atoms with Gasteiger partial charge in [-0.05, 0) is 13.1 Å². The monoisotopic (exact) mass is 409 g/mol. The second kappa shape index (κ2) is 8.13. The Bertz CT molecular complexity index is 1010. The fourth-order valence-electron chi connectivity index (χ4n) is 3.96. The highest BCUT2D eigenvalue weighted by molar-refractivity contribution is 5.73. The van der Waals surface area contributed by atoms with Gasteiger partial charge in [-0.3, -0.25) is 4.90 Å². The number of anilines is 2. The van der Waals surface area contributed by atoms with Crippen LogP contribution in [0.5, 0.6) is 0 Å². The molecule has 0 unspecified atom stereocenters. The molecule has 5 rings (SSSR count). The highest BCUT2D eigenvalue weighted by Crippen LogP contribution is 2.26. The van der Waals surface area contributed by atoms with Gasteiger partial charge in [0.25, 0.3) is 0 Å². The molecular weight excluding hydrogens is 382 g/mol. The van der Waals surface area contributed by atoms with Crippen LogP contribution in [0.2, 0.25) is 0 Å². The number of aromatic nitrogens is 5. The van der Waals surface area contributed by atoms with Gasteiger partial charge in [0, 0.05) is 63.8 Å². The lowest BCUT2D eigenvalue weighted by Crippen LogP contribution is -2.43. The Labute approximate surface area is 175 Å². The molecule has 2 aliphatic rings. The molecule has 5 heterocycles. The number of hydrogen-bond acceptors (Lipinski definition) is 9. The fraction of sp³-hybridized carbons (Fsp3) is 0.500. The molecule has 0 aromatic carbocycles. The topological polar surface area (TPSA) is 101 Å². The van der Waals surface area contributed by atoms with Crippen molar-refractivity contribution in [2.24, 2.45) is 0 Å². The molecule has 0 atom stereocenters. The standard InChI is InChI=1S/C20H27N9O/c1-26-2-4-27(5-3-26)13-16-10-18-19(28-6-8-30-9-7-28)24-17(14-29(18)25-16)15-11-22-20(21)23-12-15/h10-12,14H,2-9,13H2,1H3,(H2,21,22,23). The molecule has 0 aliphatic carbocycles. The summed E-state index contributed by atoms with van der Waals surface area (Å²) in [5.41, 5.74) is 9.32. The first kappa shape index (κ1) is 19.2. The maximum atomic E-state index is 5.65. The van der Waals surface area contributed by atoms with Crippen LogP contribution in [0.4, 0.5) is 11.8 Å². The van der Waals surface area contributed by atoms with Crippen LogP contribution in [0.25, 0.3) is 16.8 Å². The smallest absolute Gasteiger partial charge is 0.219 e. The van der Waals surface area contributed by atoms with Crippen LogP contribution in [-0.4, -0.2) is 93.9 Å². The van der Waals surface area contributed by atoms with Crippen LogP contribution in [0.1, 0.15) is 5.69 Å². The van der Waals surface area contributed by atoms with Gasteiger partial charge in [-0.2, -0.15) is 5.10 Å². The molecule has 2 aliphatic heterocycles. The minimum Gasteiger partial charge on any atom is -0.378 e. The first-order valence-corrected chi connectivity index (χ1v) is 10.4. The van der Waals surface area contributed by atoms with Gasteiger partial charge in [-0.15, -0.1) is 0 Å². The SMILES string of the molecule is CN1CCN(Cc2cc3c(N4CCOCC4)nc(-c4cnc(N)nc4)cn3n2)CC1. The molecule has 0 bridgehead atoms. The summed E-state index contributed by atoms with van der Waals surface area (Å²) in [6.07, 6.45) is 5.35. The molecule has 0 saturated carbocycles. The summed E-state index contributed by atoms with van der Waals surface area (Å²) >= 11 is 0. The van der Waals surface area contributed by atoms with Crippen molar-refractivity contribution in [1.82, 2.24) is 34.4 Å². The van der Waals surface area contributed by atoms with Crippen molar-refractivity contribution in [3.8, 4) is 11.3 Å². The molecule has 3 aromatic heterocycles. The van der Waals surface area contributed by atoms with Crippen LogP contribution in [0.3, 0.4) is 0 Å². The number of rotatable bonds is 4. The number of nitrogen functional groups attached to an aromatic ring is 1. The minimum absolute atomic E-state index is 0.252. The number of nitrogens with zero attached hydrogens (tertiary/aromatic N) is 8. The zero-order valence-corrected chi connectivity index (χ0v) is 17.2. The average Bonchev–Trinajstić information content (AvgIpc) is 3.18. The van der Waals surface area contributed by atoms with Crippen LogP contribution < -0.4 is 10.6 Å². The molecule has 10 nitrogen and oxygen atoms in total. The molecule has 30 heavy (non-hydrogen) atoms. The minimum atomic E-state index is 0.252. The summed E-state index contributed by atoms with van der Waals surface area (Å²) in [6.45, 7) is 8.17. The normalized spacial score (nSPS) is 18.9. The van der Waals surface area contributed by atoms with E-state index in [9.17, 15) is 0 Å². The first-order valence-electron chi connectivity index (χ1n) is 10.4. The van der Waals surface area contributed by atoms with Gasteiger partial charge >= 0.3 is 0 Å². The number of nitrogens with two attached hydrogens (primary N) is 1. The fourth-order valence-corrected chi connectivity index (χ4v) is 3.96. The van der Waals surface area contributed by atoms with Crippen LogP contribution in [0, 0.1) is 0 Å². The molecular formula is C20H27N9O. The Balaban J connectivity index is 1.51. The van der Waals surface area contributed by atoms with E-state index in [-0.39, 0.29) is 5.95 Å². The van der Waals surface area contributed by atoms with E-state index >= 15 is 0 Å². The second-order valence-corrected chi connectivity index (χ2v) is 7.92. The van der Waals surface area contributed by atoms with E-state index in [4.69, 9.17) is 20.6 Å². The van der Waals surface area contributed by atoms with Crippen molar-refractivity contribution in [2.75, 3.05) is 70.2 Å². The molecule has 3 aromatic rings. The Morgan fingerprint density at radius 2 is 1.77 bits per heavy atom. The molecule has 2 saturated heterocycles.